The zero-order valence-corrected chi connectivity index (χ0v) is 10.6. The number of rotatable bonds is 4. The SMILES string of the molecule is CNCC(=O)c1cc(C)c(OC)c(C)c1C. The van der Waals surface area contributed by atoms with Crippen molar-refractivity contribution in [2.75, 3.05) is 20.7 Å². The van der Waals surface area contributed by atoms with Crippen LogP contribution in [0.3, 0.4) is 0 Å². The van der Waals surface area contributed by atoms with Crippen LogP contribution in [0.2, 0.25) is 0 Å². The molecular formula is C13H19NO2. The van der Waals surface area contributed by atoms with Crippen LogP contribution in [0.25, 0.3) is 0 Å². The Kier molecular flexibility index (Phi) is 4.07. The Morgan fingerprint density at radius 2 is 1.94 bits per heavy atom. The predicted octanol–water partition coefficient (Wildman–Crippen LogP) is 2.02. The molecule has 1 rings (SSSR count). The van der Waals surface area contributed by atoms with Crippen LogP contribution in [0.1, 0.15) is 27.0 Å². The number of ketones is 1. The van der Waals surface area contributed by atoms with E-state index in [1.807, 2.05) is 26.8 Å². The lowest BCUT2D eigenvalue weighted by molar-refractivity contribution is 0.0993. The molecule has 0 atom stereocenters. The normalized spacial score (nSPS) is 10.3. The van der Waals surface area contributed by atoms with E-state index < -0.39 is 0 Å². The Morgan fingerprint density at radius 3 is 2.44 bits per heavy atom. The van der Waals surface area contributed by atoms with Crippen molar-refractivity contribution >= 4 is 5.78 Å². The number of likely N-dealkylation sites (N-methyl/N-ethyl adjacent to an activating group) is 1. The molecule has 0 aliphatic heterocycles. The van der Waals surface area contributed by atoms with Crippen LogP contribution < -0.4 is 10.1 Å². The average molecular weight is 221 g/mol. The molecule has 0 fully saturated rings. The van der Waals surface area contributed by atoms with Crippen LogP contribution in [0.15, 0.2) is 6.07 Å². The van der Waals surface area contributed by atoms with Crippen LogP contribution in [-0.2, 0) is 0 Å². The van der Waals surface area contributed by atoms with Gasteiger partial charge in [0.1, 0.15) is 5.75 Å². The number of carbonyl (C=O) groups excluding carboxylic acids is 1. The van der Waals surface area contributed by atoms with E-state index in [1.54, 1.807) is 14.2 Å². The topological polar surface area (TPSA) is 38.3 Å². The molecule has 0 saturated carbocycles. The summed E-state index contributed by atoms with van der Waals surface area (Å²) in [4.78, 5) is 11.9. The molecule has 0 saturated heterocycles. The zero-order chi connectivity index (χ0) is 12.3. The van der Waals surface area contributed by atoms with Crippen LogP contribution in [0, 0.1) is 20.8 Å². The highest BCUT2D eigenvalue weighted by atomic mass is 16.5. The van der Waals surface area contributed by atoms with Crippen LogP contribution in [0.4, 0.5) is 0 Å². The van der Waals surface area contributed by atoms with E-state index in [4.69, 9.17) is 4.74 Å². The molecule has 3 nitrogen and oxygen atoms in total. The monoisotopic (exact) mass is 221 g/mol. The molecule has 0 bridgehead atoms. The standard InChI is InChI=1S/C13H19NO2/c1-8-6-11(12(15)7-14-4)9(2)10(3)13(8)16-5/h6,14H,7H2,1-5H3. The van der Waals surface area contributed by atoms with Gasteiger partial charge in [0, 0.05) is 5.56 Å². The van der Waals surface area contributed by atoms with E-state index >= 15 is 0 Å². The van der Waals surface area contributed by atoms with Gasteiger partial charge in [-0.05, 0) is 50.6 Å². The lowest BCUT2D eigenvalue weighted by atomic mass is 9.96. The van der Waals surface area contributed by atoms with E-state index in [-0.39, 0.29) is 5.78 Å². The first-order valence-electron chi connectivity index (χ1n) is 5.35. The second kappa shape index (κ2) is 5.12. The van der Waals surface area contributed by atoms with Gasteiger partial charge in [-0.3, -0.25) is 4.79 Å². The van der Waals surface area contributed by atoms with Crippen LogP contribution in [-0.4, -0.2) is 26.5 Å². The summed E-state index contributed by atoms with van der Waals surface area (Å²) < 4.78 is 5.32. The molecule has 1 aromatic carbocycles. The van der Waals surface area contributed by atoms with Gasteiger partial charge in [0.15, 0.2) is 5.78 Å². The highest BCUT2D eigenvalue weighted by Crippen LogP contribution is 2.28. The fourth-order valence-corrected chi connectivity index (χ4v) is 1.92. The van der Waals surface area contributed by atoms with Gasteiger partial charge in [-0.2, -0.15) is 0 Å². The minimum atomic E-state index is 0.119. The van der Waals surface area contributed by atoms with Crippen molar-refractivity contribution in [3.05, 3.63) is 28.3 Å². The van der Waals surface area contributed by atoms with Gasteiger partial charge in [-0.15, -0.1) is 0 Å². The molecule has 0 unspecified atom stereocenters. The van der Waals surface area contributed by atoms with Crippen molar-refractivity contribution in [1.29, 1.82) is 0 Å². The Bertz CT molecular complexity index is 411. The molecule has 16 heavy (non-hydrogen) atoms. The predicted molar refractivity (Wildman–Crippen MR) is 65.5 cm³/mol. The molecule has 1 aromatic rings. The third-order valence-corrected chi connectivity index (χ3v) is 2.87. The minimum absolute atomic E-state index is 0.119. The number of ether oxygens (including phenoxy) is 1. The van der Waals surface area contributed by atoms with Gasteiger partial charge < -0.3 is 10.1 Å². The first kappa shape index (κ1) is 12.7. The van der Waals surface area contributed by atoms with Gasteiger partial charge in [-0.25, -0.2) is 0 Å². The van der Waals surface area contributed by atoms with E-state index in [0.29, 0.717) is 6.54 Å². The Balaban J connectivity index is 3.28. The fourth-order valence-electron chi connectivity index (χ4n) is 1.92. The summed E-state index contributed by atoms with van der Waals surface area (Å²) in [6.45, 7) is 6.27. The second-order valence-electron chi connectivity index (χ2n) is 3.98. The number of carbonyl (C=O) groups is 1. The van der Waals surface area contributed by atoms with Gasteiger partial charge in [0.05, 0.1) is 13.7 Å². The first-order valence-corrected chi connectivity index (χ1v) is 5.35. The van der Waals surface area contributed by atoms with E-state index in [9.17, 15) is 4.79 Å². The molecule has 0 radical (unpaired) electrons. The summed E-state index contributed by atoms with van der Waals surface area (Å²) >= 11 is 0. The average Bonchev–Trinajstić information content (AvgIpc) is 2.24. The number of methoxy groups -OCH3 is 1. The number of Topliss-reactive ketones (excluding diaryl/α,β-unsaturated/α-hetero) is 1. The van der Waals surface area contributed by atoms with Gasteiger partial charge in [0.2, 0.25) is 0 Å². The summed E-state index contributed by atoms with van der Waals surface area (Å²) in [5.74, 6) is 0.993. The van der Waals surface area contributed by atoms with Crippen molar-refractivity contribution in [2.45, 2.75) is 20.8 Å². The summed E-state index contributed by atoms with van der Waals surface area (Å²) in [5, 5.41) is 2.88. The molecule has 1 N–H and O–H groups in total. The lowest BCUT2D eigenvalue weighted by Crippen LogP contribution is -2.20. The number of nitrogens with one attached hydrogen (secondary N) is 1. The summed E-state index contributed by atoms with van der Waals surface area (Å²) in [5.41, 5.74) is 3.83. The first-order chi connectivity index (χ1) is 7.52. The second-order valence-corrected chi connectivity index (χ2v) is 3.98. The maximum Gasteiger partial charge on any atom is 0.176 e. The summed E-state index contributed by atoms with van der Waals surface area (Å²) in [7, 11) is 3.43. The molecule has 0 aliphatic rings. The highest BCUT2D eigenvalue weighted by molar-refractivity contribution is 5.99. The molecule has 3 heteroatoms. The largest absolute Gasteiger partial charge is 0.496 e. The molecule has 0 aliphatic carbocycles. The van der Waals surface area contributed by atoms with E-state index in [2.05, 4.69) is 5.32 Å². The van der Waals surface area contributed by atoms with Gasteiger partial charge in [0.25, 0.3) is 0 Å². The number of hydrogen-bond acceptors (Lipinski definition) is 3. The molecule has 0 amide bonds. The maximum atomic E-state index is 11.9. The van der Waals surface area contributed by atoms with Gasteiger partial charge >= 0.3 is 0 Å². The Hall–Kier alpha value is -1.35. The summed E-state index contributed by atoms with van der Waals surface area (Å²) in [6, 6.07) is 1.90. The maximum absolute atomic E-state index is 11.9. The van der Waals surface area contributed by atoms with E-state index in [0.717, 1.165) is 28.0 Å². The van der Waals surface area contributed by atoms with Crippen molar-refractivity contribution in [1.82, 2.24) is 5.32 Å². The highest BCUT2D eigenvalue weighted by Gasteiger charge is 2.15. The Morgan fingerprint density at radius 1 is 1.31 bits per heavy atom. The van der Waals surface area contributed by atoms with Crippen molar-refractivity contribution in [3.63, 3.8) is 0 Å². The Labute approximate surface area is 96.8 Å². The quantitative estimate of drug-likeness (QED) is 0.790. The van der Waals surface area contributed by atoms with Crippen molar-refractivity contribution < 1.29 is 9.53 Å². The van der Waals surface area contributed by atoms with Crippen molar-refractivity contribution in [3.8, 4) is 5.75 Å². The fraction of sp³-hybridized carbons (Fsp3) is 0.462. The van der Waals surface area contributed by atoms with Crippen molar-refractivity contribution in [2.24, 2.45) is 0 Å². The van der Waals surface area contributed by atoms with Crippen LogP contribution in [0.5, 0.6) is 5.75 Å². The number of aryl methyl sites for hydroxylation is 1. The van der Waals surface area contributed by atoms with Crippen LogP contribution >= 0.6 is 0 Å². The smallest absolute Gasteiger partial charge is 0.176 e. The minimum Gasteiger partial charge on any atom is -0.496 e. The van der Waals surface area contributed by atoms with E-state index in [1.165, 1.54) is 0 Å². The molecule has 88 valence electrons. The lowest BCUT2D eigenvalue weighted by Gasteiger charge is -2.14. The third kappa shape index (κ3) is 2.25. The van der Waals surface area contributed by atoms with Gasteiger partial charge in [-0.1, -0.05) is 0 Å². The molecule has 0 heterocycles. The zero-order valence-electron chi connectivity index (χ0n) is 10.6. The third-order valence-electron chi connectivity index (χ3n) is 2.87. The number of benzene rings is 1. The summed E-state index contributed by atoms with van der Waals surface area (Å²) in [6.07, 6.45) is 0. The molecular weight excluding hydrogens is 202 g/mol. The molecule has 0 aromatic heterocycles. The number of hydrogen-bond donors (Lipinski definition) is 1. The molecule has 0 spiro atoms.